The van der Waals surface area contributed by atoms with Crippen molar-refractivity contribution >= 4 is 0 Å². The Bertz CT molecular complexity index is 437. The van der Waals surface area contributed by atoms with Crippen molar-refractivity contribution in [2.75, 3.05) is 7.11 Å². The molecule has 1 N–H and O–H groups in total. The smallest absolute Gasteiger partial charge is 0.153 e. The van der Waals surface area contributed by atoms with Crippen molar-refractivity contribution in [2.45, 2.75) is 0 Å². The molecule has 0 saturated heterocycles. The quantitative estimate of drug-likeness (QED) is 0.782. The summed E-state index contributed by atoms with van der Waals surface area (Å²) in [6.07, 6.45) is 2.92. The zero-order chi connectivity index (χ0) is 9.97. The number of rotatable bonds is 2. The van der Waals surface area contributed by atoms with Gasteiger partial charge in [0.15, 0.2) is 5.75 Å². The Morgan fingerprint density at radius 2 is 2.29 bits per heavy atom. The molecule has 1 aromatic carbocycles. The number of hydrogen-bond acceptors (Lipinski definition) is 3. The predicted molar refractivity (Wildman–Crippen MR) is 51.8 cm³/mol. The maximum Gasteiger partial charge on any atom is 0.153 e. The van der Waals surface area contributed by atoms with Crippen molar-refractivity contribution in [3.05, 3.63) is 36.7 Å². The molecule has 0 aliphatic rings. The molecule has 1 aromatic heterocycles. The third-order valence-electron chi connectivity index (χ3n) is 1.89. The molecular weight excluding hydrogens is 180 g/mol. The summed E-state index contributed by atoms with van der Waals surface area (Å²) in [5.74, 6) is 0.908. The van der Waals surface area contributed by atoms with E-state index in [0.29, 0.717) is 0 Å². The van der Waals surface area contributed by atoms with Gasteiger partial charge in [-0.1, -0.05) is 6.07 Å². The summed E-state index contributed by atoms with van der Waals surface area (Å²) >= 11 is 0. The van der Waals surface area contributed by atoms with Crippen molar-refractivity contribution in [3.63, 3.8) is 0 Å². The van der Waals surface area contributed by atoms with E-state index < -0.39 is 0 Å². The maximum absolute atomic E-state index is 9.13. The van der Waals surface area contributed by atoms with E-state index in [4.69, 9.17) is 9.84 Å². The van der Waals surface area contributed by atoms with Gasteiger partial charge in [0.25, 0.3) is 0 Å². The fraction of sp³-hybridized carbons (Fsp3) is 0.100. The van der Waals surface area contributed by atoms with E-state index in [9.17, 15) is 0 Å². The van der Waals surface area contributed by atoms with E-state index in [1.54, 1.807) is 11.8 Å². The molecule has 1 heterocycles. The number of ether oxygens (including phenoxy) is 1. The van der Waals surface area contributed by atoms with Gasteiger partial charge >= 0.3 is 0 Å². The Hall–Kier alpha value is -1.97. The van der Waals surface area contributed by atoms with Crippen molar-refractivity contribution in [1.82, 2.24) is 9.78 Å². The first-order valence-corrected chi connectivity index (χ1v) is 4.17. The molecule has 0 unspecified atom stereocenters. The van der Waals surface area contributed by atoms with Crippen LogP contribution in [0.15, 0.2) is 36.7 Å². The Labute approximate surface area is 81.4 Å². The first-order chi connectivity index (χ1) is 6.79. The summed E-state index contributed by atoms with van der Waals surface area (Å²) in [6, 6.07) is 7.45. The minimum Gasteiger partial charge on any atom is -0.505 e. The van der Waals surface area contributed by atoms with Crippen LogP contribution in [0.3, 0.4) is 0 Å². The van der Waals surface area contributed by atoms with Crippen LogP contribution in [0.4, 0.5) is 0 Å². The molecular formula is C10H10N2O2. The average Bonchev–Trinajstić information content (AvgIpc) is 2.65. The van der Waals surface area contributed by atoms with Crippen LogP contribution in [-0.2, 0) is 0 Å². The SMILES string of the molecule is COc1cccc(-n2cc(O)cn2)c1. The predicted octanol–water partition coefficient (Wildman–Crippen LogP) is 1.59. The highest BCUT2D eigenvalue weighted by Gasteiger charge is 2.00. The summed E-state index contributed by atoms with van der Waals surface area (Å²) in [5.41, 5.74) is 0.852. The van der Waals surface area contributed by atoms with Crippen molar-refractivity contribution in [1.29, 1.82) is 0 Å². The summed E-state index contributed by atoms with van der Waals surface area (Å²) in [4.78, 5) is 0. The number of methoxy groups -OCH3 is 1. The number of aromatic hydroxyl groups is 1. The molecule has 0 aliphatic carbocycles. The average molecular weight is 190 g/mol. The van der Waals surface area contributed by atoms with Crippen LogP contribution in [-0.4, -0.2) is 22.0 Å². The molecule has 2 rings (SSSR count). The molecule has 0 fully saturated rings. The topological polar surface area (TPSA) is 47.3 Å². The molecule has 0 radical (unpaired) electrons. The third-order valence-corrected chi connectivity index (χ3v) is 1.89. The van der Waals surface area contributed by atoms with Crippen LogP contribution in [0, 0.1) is 0 Å². The lowest BCUT2D eigenvalue weighted by Crippen LogP contribution is -1.94. The van der Waals surface area contributed by atoms with Crippen LogP contribution in [0.25, 0.3) is 5.69 Å². The van der Waals surface area contributed by atoms with Crippen molar-refractivity contribution in [2.24, 2.45) is 0 Å². The zero-order valence-electron chi connectivity index (χ0n) is 7.71. The highest BCUT2D eigenvalue weighted by Crippen LogP contribution is 2.17. The second-order valence-electron chi connectivity index (χ2n) is 2.84. The second-order valence-corrected chi connectivity index (χ2v) is 2.84. The van der Waals surface area contributed by atoms with Gasteiger partial charge in [-0.05, 0) is 12.1 Å². The Balaban J connectivity index is 2.41. The van der Waals surface area contributed by atoms with Crippen molar-refractivity contribution in [3.8, 4) is 17.2 Å². The van der Waals surface area contributed by atoms with Gasteiger partial charge < -0.3 is 9.84 Å². The Morgan fingerprint density at radius 3 is 2.93 bits per heavy atom. The van der Waals surface area contributed by atoms with Crippen LogP contribution in [0.5, 0.6) is 11.5 Å². The zero-order valence-corrected chi connectivity index (χ0v) is 7.71. The molecule has 72 valence electrons. The van der Waals surface area contributed by atoms with Crippen LogP contribution < -0.4 is 4.74 Å². The van der Waals surface area contributed by atoms with Gasteiger partial charge in [0, 0.05) is 6.07 Å². The normalized spacial score (nSPS) is 10.1. The monoisotopic (exact) mass is 190 g/mol. The lowest BCUT2D eigenvalue weighted by molar-refractivity contribution is 0.414. The minimum absolute atomic E-state index is 0.146. The first-order valence-electron chi connectivity index (χ1n) is 4.17. The highest BCUT2D eigenvalue weighted by molar-refractivity contribution is 5.39. The van der Waals surface area contributed by atoms with E-state index >= 15 is 0 Å². The lowest BCUT2D eigenvalue weighted by atomic mass is 10.3. The van der Waals surface area contributed by atoms with Gasteiger partial charge in [0.2, 0.25) is 0 Å². The highest BCUT2D eigenvalue weighted by atomic mass is 16.5. The summed E-state index contributed by atoms with van der Waals surface area (Å²) in [6.45, 7) is 0. The van der Waals surface area contributed by atoms with Crippen LogP contribution in [0.1, 0.15) is 0 Å². The molecule has 0 bridgehead atoms. The lowest BCUT2D eigenvalue weighted by Gasteiger charge is -2.03. The minimum atomic E-state index is 0.146. The molecule has 4 nitrogen and oxygen atoms in total. The maximum atomic E-state index is 9.13. The van der Waals surface area contributed by atoms with Crippen molar-refractivity contribution < 1.29 is 9.84 Å². The van der Waals surface area contributed by atoms with E-state index in [2.05, 4.69) is 5.10 Å². The van der Waals surface area contributed by atoms with E-state index in [1.165, 1.54) is 12.4 Å². The van der Waals surface area contributed by atoms with Gasteiger partial charge in [0.1, 0.15) is 5.75 Å². The number of aromatic nitrogens is 2. The van der Waals surface area contributed by atoms with Gasteiger partial charge in [0.05, 0.1) is 25.2 Å². The van der Waals surface area contributed by atoms with Crippen LogP contribution >= 0.6 is 0 Å². The summed E-state index contributed by atoms with van der Waals surface area (Å²) in [7, 11) is 1.61. The largest absolute Gasteiger partial charge is 0.505 e. The Kier molecular flexibility index (Phi) is 2.10. The van der Waals surface area contributed by atoms with E-state index in [0.717, 1.165) is 11.4 Å². The number of nitrogens with zero attached hydrogens (tertiary/aromatic N) is 2. The fourth-order valence-electron chi connectivity index (χ4n) is 1.21. The molecule has 0 aliphatic heterocycles. The van der Waals surface area contributed by atoms with Gasteiger partial charge in [-0.2, -0.15) is 5.10 Å². The molecule has 2 aromatic rings. The third kappa shape index (κ3) is 1.54. The number of benzene rings is 1. The van der Waals surface area contributed by atoms with Gasteiger partial charge in [-0.15, -0.1) is 0 Å². The summed E-state index contributed by atoms with van der Waals surface area (Å²) in [5, 5.41) is 13.1. The van der Waals surface area contributed by atoms with E-state index in [1.807, 2.05) is 24.3 Å². The van der Waals surface area contributed by atoms with Crippen LogP contribution in [0.2, 0.25) is 0 Å². The van der Waals surface area contributed by atoms with Gasteiger partial charge in [-0.3, -0.25) is 0 Å². The first kappa shape index (κ1) is 8.62. The molecule has 0 saturated carbocycles. The fourth-order valence-corrected chi connectivity index (χ4v) is 1.21. The van der Waals surface area contributed by atoms with Gasteiger partial charge in [-0.25, -0.2) is 4.68 Å². The standard InChI is InChI=1S/C10H10N2O2/c1-14-10-4-2-3-8(5-10)12-7-9(13)6-11-12/h2-7,13H,1H3. The molecule has 14 heavy (non-hydrogen) atoms. The van der Waals surface area contributed by atoms with E-state index in [-0.39, 0.29) is 5.75 Å². The molecule has 0 spiro atoms. The summed E-state index contributed by atoms with van der Waals surface area (Å²) < 4.78 is 6.66. The number of hydrogen-bond donors (Lipinski definition) is 1. The molecule has 0 amide bonds. The Morgan fingerprint density at radius 1 is 1.43 bits per heavy atom. The molecule has 4 heteroatoms. The second kappa shape index (κ2) is 3.41. The molecule has 0 atom stereocenters.